The van der Waals surface area contributed by atoms with Crippen LogP contribution >= 0.6 is 0 Å². The molecule has 1 aromatic carbocycles. The van der Waals surface area contributed by atoms with Gasteiger partial charge in [0.2, 0.25) is 0 Å². The van der Waals surface area contributed by atoms with Crippen molar-refractivity contribution in [1.82, 2.24) is 4.90 Å². The van der Waals surface area contributed by atoms with Crippen LogP contribution in [-0.2, 0) is 9.53 Å². The van der Waals surface area contributed by atoms with E-state index < -0.39 is 35.6 Å². The van der Waals surface area contributed by atoms with E-state index in [1.54, 1.807) is 0 Å². The van der Waals surface area contributed by atoms with Crippen molar-refractivity contribution in [1.29, 1.82) is 0 Å². The van der Waals surface area contributed by atoms with Crippen molar-refractivity contribution in [3.05, 3.63) is 35.4 Å². The standard InChI is InChI=1S/C12H13F2NO4/c1-19-6-5-15(7-10(16)17)12(18)8-3-2-4-9(13)11(8)14/h2-4H,5-7H2,1H3,(H,16,17). The minimum atomic E-state index is -1.29. The van der Waals surface area contributed by atoms with Crippen LogP contribution in [0, 0.1) is 11.6 Å². The number of carbonyl (C=O) groups excluding carboxylic acids is 1. The molecular formula is C12H13F2NO4. The second kappa shape index (κ2) is 6.79. The third kappa shape index (κ3) is 3.99. The number of ether oxygens (including phenoxy) is 1. The first kappa shape index (κ1) is 15.0. The number of amides is 1. The Labute approximate surface area is 108 Å². The van der Waals surface area contributed by atoms with Gasteiger partial charge in [-0.3, -0.25) is 9.59 Å². The van der Waals surface area contributed by atoms with Crippen molar-refractivity contribution < 1.29 is 28.2 Å². The van der Waals surface area contributed by atoms with Crippen LogP contribution in [0.4, 0.5) is 8.78 Å². The van der Waals surface area contributed by atoms with Crippen molar-refractivity contribution in [2.45, 2.75) is 0 Å². The zero-order valence-corrected chi connectivity index (χ0v) is 10.2. The van der Waals surface area contributed by atoms with Crippen molar-refractivity contribution in [3.63, 3.8) is 0 Å². The van der Waals surface area contributed by atoms with Gasteiger partial charge in [0, 0.05) is 13.7 Å². The molecule has 0 aliphatic heterocycles. The van der Waals surface area contributed by atoms with Gasteiger partial charge in [-0.1, -0.05) is 6.07 Å². The van der Waals surface area contributed by atoms with E-state index in [1.807, 2.05) is 0 Å². The van der Waals surface area contributed by atoms with Crippen molar-refractivity contribution >= 4 is 11.9 Å². The number of rotatable bonds is 6. The minimum Gasteiger partial charge on any atom is -0.480 e. The molecular weight excluding hydrogens is 260 g/mol. The van der Waals surface area contributed by atoms with Crippen molar-refractivity contribution in [2.75, 3.05) is 26.8 Å². The fourth-order valence-electron chi connectivity index (χ4n) is 1.46. The number of hydrogen-bond acceptors (Lipinski definition) is 3. The van der Waals surface area contributed by atoms with Crippen LogP contribution in [0.15, 0.2) is 18.2 Å². The van der Waals surface area contributed by atoms with Gasteiger partial charge >= 0.3 is 5.97 Å². The fourth-order valence-corrected chi connectivity index (χ4v) is 1.46. The molecule has 0 spiro atoms. The monoisotopic (exact) mass is 273 g/mol. The normalized spacial score (nSPS) is 10.3. The lowest BCUT2D eigenvalue weighted by molar-refractivity contribution is -0.137. The molecule has 0 aliphatic carbocycles. The number of halogens is 2. The van der Waals surface area contributed by atoms with E-state index in [-0.39, 0.29) is 13.2 Å². The van der Waals surface area contributed by atoms with E-state index >= 15 is 0 Å². The minimum absolute atomic E-state index is 0.0302. The smallest absolute Gasteiger partial charge is 0.323 e. The first-order valence-corrected chi connectivity index (χ1v) is 5.41. The van der Waals surface area contributed by atoms with Gasteiger partial charge in [0.15, 0.2) is 11.6 Å². The zero-order valence-electron chi connectivity index (χ0n) is 10.2. The maximum atomic E-state index is 13.5. The molecule has 0 bridgehead atoms. The number of aliphatic carboxylic acids is 1. The third-order valence-electron chi connectivity index (χ3n) is 2.36. The molecule has 0 unspecified atom stereocenters. The van der Waals surface area contributed by atoms with Crippen LogP contribution in [0.25, 0.3) is 0 Å². The summed E-state index contributed by atoms with van der Waals surface area (Å²) in [5.74, 6) is -4.59. The zero-order chi connectivity index (χ0) is 14.4. The van der Waals surface area contributed by atoms with Gasteiger partial charge in [0.05, 0.1) is 12.2 Å². The van der Waals surface area contributed by atoms with Gasteiger partial charge in [0.1, 0.15) is 6.54 Å². The van der Waals surface area contributed by atoms with E-state index in [0.29, 0.717) is 0 Å². The molecule has 0 saturated heterocycles. The van der Waals surface area contributed by atoms with Gasteiger partial charge in [0.25, 0.3) is 5.91 Å². The van der Waals surface area contributed by atoms with Gasteiger partial charge in [-0.25, -0.2) is 8.78 Å². The molecule has 19 heavy (non-hydrogen) atoms. The van der Waals surface area contributed by atoms with E-state index in [2.05, 4.69) is 0 Å². The summed E-state index contributed by atoms with van der Waals surface area (Å²) in [5.41, 5.74) is -0.502. The largest absolute Gasteiger partial charge is 0.480 e. The molecule has 0 fully saturated rings. The summed E-state index contributed by atoms with van der Waals surface area (Å²) in [6.07, 6.45) is 0. The average Bonchev–Trinajstić information content (AvgIpc) is 2.36. The maximum absolute atomic E-state index is 13.5. The summed E-state index contributed by atoms with van der Waals surface area (Å²) in [6.45, 7) is -0.550. The fraction of sp³-hybridized carbons (Fsp3) is 0.333. The Hall–Kier alpha value is -2.02. The summed E-state index contributed by atoms with van der Waals surface area (Å²) < 4.78 is 31.2. The Bertz CT molecular complexity index is 479. The Kier molecular flexibility index (Phi) is 5.37. The number of nitrogens with zero attached hydrogens (tertiary/aromatic N) is 1. The molecule has 0 aliphatic rings. The highest BCUT2D eigenvalue weighted by Crippen LogP contribution is 2.13. The molecule has 1 aromatic rings. The number of carboxylic acid groups (broad SMARTS) is 1. The second-order valence-electron chi connectivity index (χ2n) is 3.71. The van der Waals surface area contributed by atoms with E-state index in [0.717, 1.165) is 17.0 Å². The molecule has 1 amide bonds. The molecule has 0 heterocycles. The van der Waals surface area contributed by atoms with Gasteiger partial charge < -0.3 is 14.7 Å². The van der Waals surface area contributed by atoms with E-state index in [1.165, 1.54) is 13.2 Å². The molecule has 0 aromatic heterocycles. The van der Waals surface area contributed by atoms with Crippen LogP contribution < -0.4 is 0 Å². The predicted molar refractivity (Wildman–Crippen MR) is 61.8 cm³/mol. The molecule has 0 radical (unpaired) electrons. The first-order valence-electron chi connectivity index (χ1n) is 5.41. The molecule has 0 atom stereocenters. The average molecular weight is 273 g/mol. The number of hydrogen-bond donors (Lipinski definition) is 1. The topological polar surface area (TPSA) is 66.8 Å². The summed E-state index contributed by atoms with van der Waals surface area (Å²) in [4.78, 5) is 23.5. The maximum Gasteiger partial charge on any atom is 0.323 e. The van der Waals surface area contributed by atoms with E-state index in [9.17, 15) is 18.4 Å². The van der Waals surface area contributed by atoms with Crippen LogP contribution in [0.1, 0.15) is 10.4 Å². The summed E-state index contributed by atoms with van der Waals surface area (Å²) in [5, 5.41) is 8.70. The molecule has 0 saturated carbocycles. The molecule has 5 nitrogen and oxygen atoms in total. The van der Waals surface area contributed by atoms with E-state index in [4.69, 9.17) is 9.84 Å². The number of carbonyl (C=O) groups is 2. The van der Waals surface area contributed by atoms with Crippen LogP contribution in [-0.4, -0.2) is 48.7 Å². The number of benzene rings is 1. The second-order valence-corrected chi connectivity index (χ2v) is 3.71. The summed E-state index contributed by atoms with van der Waals surface area (Å²) in [7, 11) is 1.38. The van der Waals surface area contributed by atoms with Gasteiger partial charge in [-0.2, -0.15) is 0 Å². The number of methoxy groups -OCH3 is 1. The summed E-state index contributed by atoms with van der Waals surface area (Å²) in [6, 6.07) is 3.16. The Balaban J connectivity index is 2.97. The lowest BCUT2D eigenvalue weighted by Crippen LogP contribution is -2.38. The Morgan fingerprint density at radius 3 is 2.63 bits per heavy atom. The van der Waals surface area contributed by atoms with Crippen LogP contribution in [0.2, 0.25) is 0 Å². The lowest BCUT2D eigenvalue weighted by Gasteiger charge is -2.20. The quantitative estimate of drug-likeness (QED) is 0.844. The van der Waals surface area contributed by atoms with Crippen LogP contribution in [0.5, 0.6) is 0 Å². The van der Waals surface area contributed by atoms with Crippen molar-refractivity contribution in [3.8, 4) is 0 Å². The molecule has 1 rings (SSSR count). The molecule has 1 N–H and O–H groups in total. The summed E-state index contributed by atoms with van der Waals surface area (Å²) >= 11 is 0. The van der Waals surface area contributed by atoms with Crippen LogP contribution in [0.3, 0.4) is 0 Å². The highest BCUT2D eigenvalue weighted by Gasteiger charge is 2.22. The predicted octanol–water partition coefficient (Wildman–Crippen LogP) is 1.14. The Morgan fingerprint density at radius 1 is 1.37 bits per heavy atom. The highest BCUT2D eigenvalue weighted by atomic mass is 19.2. The number of carboxylic acids is 1. The first-order chi connectivity index (χ1) is 8.97. The molecule has 7 heteroatoms. The lowest BCUT2D eigenvalue weighted by atomic mass is 10.1. The molecule has 104 valence electrons. The van der Waals surface area contributed by atoms with Crippen molar-refractivity contribution in [2.24, 2.45) is 0 Å². The highest BCUT2D eigenvalue weighted by molar-refractivity contribution is 5.96. The Morgan fingerprint density at radius 2 is 2.05 bits per heavy atom. The van der Waals surface area contributed by atoms with Gasteiger partial charge in [-0.15, -0.1) is 0 Å². The SMILES string of the molecule is COCCN(CC(=O)O)C(=O)c1cccc(F)c1F. The third-order valence-corrected chi connectivity index (χ3v) is 2.36. The van der Waals surface area contributed by atoms with Gasteiger partial charge in [-0.05, 0) is 12.1 Å².